The standard InChI is InChI=1S/C21H18N2O5/c1-3-11-27-15-10-9-13(12-16(15)26-2)18-17-19(28-22-18)21(25)23(20(17)24)14-7-5-4-6-8-14/h3-10,12,17,19H,1,11H2,2H3. The van der Waals surface area contributed by atoms with E-state index in [1.807, 2.05) is 6.07 Å². The second-order valence-corrected chi connectivity index (χ2v) is 6.29. The van der Waals surface area contributed by atoms with Gasteiger partial charge in [0.05, 0.1) is 12.8 Å². The Morgan fingerprint density at radius 2 is 1.93 bits per heavy atom. The van der Waals surface area contributed by atoms with E-state index in [9.17, 15) is 9.59 Å². The van der Waals surface area contributed by atoms with E-state index in [-0.39, 0.29) is 5.91 Å². The number of methoxy groups -OCH3 is 1. The lowest BCUT2D eigenvalue weighted by Gasteiger charge is -2.15. The summed E-state index contributed by atoms with van der Waals surface area (Å²) < 4.78 is 10.9. The zero-order valence-electron chi connectivity index (χ0n) is 15.2. The van der Waals surface area contributed by atoms with Crippen LogP contribution in [0.3, 0.4) is 0 Å². The first-order valence-corrected chi connectivity index (χ1v) is 8.74. The molecule has 2 aliphatic heterocycles. The molecule has 0 N–H and O–H groups in total. The molecule has 4 rings (SSSR count). The predicted octanol–water partition coefficient (Wildman–Crippen LogP) is 2.55. The summed E-state index contributed by atoms with van der Waals surface area (Å²) in [5.74, 6) is -0.539. The number of imide groups is 1. The smallest absolute Gasteiger partial charge is 0.278 e. The zero-order valence-corrected chi connectivity index (χ0v) is 15.2. The van der Waals surface area contributed by atoms with E-state index in [1.165, 1.54) is 7.11 Å². The molecule has 1 fully saturated rings. The van der Waals surface area contributed by atoms with Gasteiger partial charge in [0.1, 0.15) is 18.2 Å². The highest BCUT2D eigenvalue weighted by atomic mass is 16.7. The van der Waals surface area contributed by atoms with Crippen molar-refractivity contribution in [3.8, 4) is 11.5 Å². The molecule has 2 heterocycles. The molecule has 7 heteroatoms. The molecule has 2 amide bonds. The monoisotopic (exact) mass is 378 g/mol. The molecule has 0 bridgehead atoms. The number of amides is 2. The maximum absolute atomic E-state index is 13.0. The van der Waals surface area contributed by atoms with Gasteiger partial charge in [0.2, 0.25) is 12.0 Å². The Morgan fingerprint density at radius 1 is 1.14 bits per heavy atom. The van der Waals surface area contributed by atoms with Crippen molar-refractivity contribution < 1.29 is 23.9 Å². The number of hydrogen-bond donors (Lipinski definition) is 0. The first-order valence-electron chi connectivity index (χ1n) is 8.74. The van der Waals surface area contributed by atoms with Gasteiger partial charge in [-0.3, -0.25) is 9.59 Å². The lowest BCUT2D eigenvalue weighted by atomic mass is 9.94. The van der Waals surface area contributed by atoms with Gasteiger partial charge in [-0.2, -0.15) is 0 Å². The van der Waals surface area contributed by atoms with E-state index < -0.39 is 17.9 Å². The van der Waals surface area contributed by atoms with Crippen molar-refractivity contribution >= 4 is 23.2 Å². The van der Waals surface area contributed by atoms with Gasteiger partial charge in [-0.25, -0.2) is 4.90 Å². The summed E-state index contributed by atoms with van der Waals surface area (Å²) in [5.41, 5.74) is 1.54. The maximum atomic E-state index is 13.0. The van der Waals surface area contributed by atoms with Crippen molar-refractivity contribution in [2.24, 2.45) is 11.1 Å². The Hall–Kier alpha value is -3.61. The van der Waals surface area contributed by atoms with E-state index in [2.05, 4.69) is 11.7 Å². The van der Waals surface area contributed by atoms with Crippen molar-refractivity contribution in [1.82, 2.24) is 0 Å². The minimum absolute atomic E-state index is 0.337. The van der Waals surface area contributed by atoms with Gasteiger partial charge >= 0.3 is 0 Å². The Labute approximate surface area is 161 Å². The number of hydrogen-bond acceptors (Lipinski definition) is 6. The van der Waals surface area contributed by atoms with Crippen LogP contribution >= 0.6 is 0 Å². The van der Waals surface area contributed by atoms with Crippen LogP contribution < -0.4 is 14.4 Å². The van der Waals surface area contributed by atoms with E-state index >= 15 is 0 Å². The van der Waals surface area contributed by atoms with Gasteiger partial charge in [0.15, 0.2) is 11.5 Å². The van der Waals surface area contributed by atoms with Crippen LogP contribution in [-0.4, -0.2) is 37.3 Å². The van der Waals surface area contributed by atoms with Crippen LogP contribution in [0, 0.1) is 5.92 Å². The lowest BCUT2D eigenvalue weighted by Crippen LogP contribution is -2.33. The number of carbonyl (C=O) groups is 2. The fourth-order valence-corrected chi connectivity index (χ4v) is 3.34. The number of rotatable bonds is 6. The molecular weight excluding hydrogens is 360 g/mol. The predicted molar refractivity (Wildman–Crippen MR) is 103 cm³/mol. The van der Waals surface area contributed by atoms with Gasteiger partial charge in [-0.05, 0) is 30.3 Å². The topological polar surface area (TPSA) is 77.4 Å². The van der Waals surface area contributed by atoms with Gasteiger partial charge in [-0.15, -0.1) is 0 Å². The molecule has 28 heavy (non-hydrogen) atoms. The number of nitrogens with zero attached hydrogens (tertiary/aromatic N) is 2. The fourth-order valence-electron chi connectivity index (χ4n) is 3.34. The molecule has 1 saturated heterocycles. The number of fused-ring (bicyclic) bond motifs is 1. The normalized spacial score (nSPS) is 20.5. The maximum Gasteiger partial charge on any atom is 0.278 e. The SMILES string of the molecule is C=CCOc1ccc(C2=NOC3C(=O)N(c4ccccc4)C(=O)C23)cc1OC. The Bertz CT molecular complexity index is 970. The summed E-state index contributed by atoms with van der Waals surface area (Å²) in [4.78, 5) is 32.2. The van der Waals surface area contributed by atoms with Crippen LogP contribution in [0.15, 0.2) is 66.3 Å². The van der Waals surface area contributed by atoms with Crippen LogP contribution in [0.4, 0.5) is 5.69 Å². The third kappa shape index (κ3) is 2.81. The molecule has 0 aliphatic carbocycles. The van der Waals surface area contributed by atoms with Crippen LogP contribution in [0.25, 0.3) is 0 Å². The number of ether oxygens (including phenoxy) is 2. The second-order valence-electron chi connectivity index (χ2n) is 6.29. The summed E-state index contributed by atoms with van der Waals surface area (Å²) in [5, 5.41) is 4.02. The molecule has 2 aliphatic rings. The van der Waals surface area contributed by atoms with Crippen molar-refractivity contribution in [3.63, 3.8) is 0 Å². The average molecular weight is 378 g/mol. The number of anilines is 1. The molecule has 2 unspecified atom stereocenters. The largest absolute Gasteiger partial charge is 0.493 e. The third-order valence-electron chi connectivity index (χ3n) is 4.64. The van der Waals surface area contributed by atoms with E-state index in [1.54, 1.807) is 48.5 Å². The molecule has 2 aromatic rings. The highest BCUT2D eigenvalue weighted by Gasteiger charge is 2.56. The lowest BCUT2D eigenvalue weighted by molar-refractivity contribution is -0.126. The number of oxime groups is 1. The highest BCUT2D eigenvalue weighted by molar-refractivity contribution is 6.32. The van der Waals surface area contributed by atoms with Gasteiger partial charge in [0.25, 0.3) is 5.91 Å². The zero-order chi connectivity index (χ0) is 19.7. The van der Waals surface area contributed by atoms with Crippen LogP contribution in [-0.2, 0) is 14.4 Å². The fraction of sp³-hybridized carbons (Fsp3) is 0.190. The highest BCUT2D eigenvalue weighted by Crippen LogP contribution is 2.37. The Morgan fingerprint density at radius 3 is 2.64 bits per heavy atom. The molecule has 0 saturated carbocycles. The second kappa shape index (κ2) is 7.19. The summed E-state index contributed by atoms with van der Waals surface area (Å²) in [7, 11) is 1.52. The minimum atomic E-state index is -0.953. The number of benzene rings is 2. The van der Waals surface area contributed by atoms with Crippen molar-refractivity contribution in [2.45, 2.75) is 6.10 Å². The van der Waals surface area contributed by atoms with Crippen LogP contribution in [0.5, 0.6) is 11.5 Å². The van der Waals surface area contributed by atoms with Gasteiger partial charge in [-0.1, -0.05) is 36.0 Å². The Balaban J connectivity index is 1.65. The molecule has 7 nitrogen and oxygen atoms in total. The third-order valence-corrected chi connectivity index (χ3v) is 4.64. The molecule has 142 valence electrons. The molecular formula is C21H18N2O5. The van der Waals surface area contributed by atoms with Gasteiger partial charge in [0, 0.05) is 5.56 Å². The molecule has 2 aromatic carbocycles. The van der Waals surface area contributed by atoms with Crippen molar-refractivity contribution in [2.75, 3.05) is 18.6 Å². The minimum Gasteiger partial charge on any atom is -0.493 e. The Kier molecular flexibility index (Phi) is 4.57. The molecule has 2 atom stereocenters. The van der Waals surface area contributed by atoms with E-state index in [0.29, 0.717) is 35.1 Å². The number of carbonyl (C=O) groups excluding carboxylic acids is 2. The molecule has 0 radical (unpaired) electrons. The van der Waals surface area contributed by atoms with Crippen LogP contribution in [0.2, 0.25) is 0 Å². The first-order chi connectivity index (χ1) is 13.7. The first kappa shape index (κ1) is 17.8. The summed E-state index contributed by atoms with van der Waals surface area (Å²) in [6, 6.07) is 14.0. The van der Waals surface area contributed by atoms with E-state index in [0.717, 1.165) is 4.90 Å². The van der Waals surface area contributed by atoms with Crippen molar-refractivity contribution in [1.29, 1.82) is 0 Å². The number of para-hydroxylation sites is 1. The van der Waals surface area contributed by atoms with E-state index in [4.69, 9.17) is 14.3 Å². The molecule has 0 aromatic heterocycles. The van der Waals surface area contributed by atoms with Crippen molar-refractivity contribution in [3.05, 3.63) is 66.7 Å². The summed E-state index contributed by atoms with van der Waals surface area (Å²) in [6.07, 6.45) is 0.679. The summed E-state index contributed by atoms with van der Waals surface area (Å²) >= 11 is 0. The summed E-state index contributed by atoms with van der Waals surface area (Å²) in [6.45, 7) is 3.96. The molecule has 0 spiro atoms. The quantitative estimate of drug-likeness (QED) is 0.570. The van der Waals surface area contributed by atoms with Gasteiger partial charge < -0.3 is 14.3 Å². The average Bonchev–Trinajstić information content (AvgIpc) is 3.27. The van der Waals surface area contributed by atoms with Crippen LogP contribution in [0.1, 0.15) is 5.56 Å².